The number of piperazine rings is 1. The third kappa shape index (κ3) is 4.30. The Morgan fingerprint density at radius 3 is 2.78 bits per heavy atom. The molecule has 1 aromatic carbocycles. The first kappa shape index (κ1) is 21.5. The SMILES string of the molecule is CCCCC(CC1C=Nc2ccccc21)NC(=O)c1nnc(N2CC3CCC(C2)N3C)s1. The molecule has 3 aliphatic rings. The largest absolute Gasteiger partial charge is 0.347 e. The number of nitrogens with zero attached hydrogens (tertiary/aromatic N) is 5. The molecule has 5 rings (SSSR count). The maximum Gasteiger partial charge on any atom is 0.282 e. The van der Waals surface area contributed by atoms with Gasteiger partial charge in [-0.2, -0.15) is 0 Å². The zero-order chi connectivity index (χ0) is 22.1. The van der Waals surface area contributed by atoms with Crippen molar-refractivity contribution in [1.82, 2.24) is 20.4 Å². The van der Waals surface area contributed by atoms with Gasteiger partial charge in [-0.25, -0.2) is 0 Å². The molecule has 4 atom stereocenters. The van der Waals surface area contributed by atoms with Crippen LogP contribution in [0.15, 0.2) is 29.3 Å². The molecule has 0 aliphatic carbocycles. The lowest BCUT2D eigenvalue weighted by molar-refractivity contribution is 0.0931. The number of aliphatic imine (C=N–C) groups is 1. The molecule has 4 unspecified atom stereocenters. The first-order valence-corrected chi connectivity index (χ1v) is 12.7. The van der Waals surface area contributed by atoms with Gasteiger partial charge in [-0.1, -0.05) is 49.3 Å². The molecular formula is C24H32N6OS. The van der Waals surface area contributed by atoms with Crippen molar-refractivity contribution >= 4 is 34.3 Å². The van der Waals surface area contributed by atoms with Gasteiger partial charge in [-0.05, 0) is 44.4 Å². The number of anilines is 1. The van der Waals surface area contributed by atoms with Crippen molar-refractivity contribution in [2.45, 2.75) is 69.5 Å². The van der Waals surface area contributed by atoms with E-state index in [1.165, 1.54) is 29.7 Å². The van der Waals surface area contributed by atoms with Crippen LogP contribution in [0.2, 0.25) is 0 Å². The summed E-state index contributed by atoms with van der Waals surface area (Å²) in [6.07, 6.45) is 8.54. The molecule has 0 saturated carbocycles. The lowest BCUT2D eigenvalue weighted by Crippen LogP contribution is -2.52. The predicted octanol–water partition coefficient (Wildman–Crippen LogP) is 4.00. The molecule has 2 bridgehead atoms. The van der Waals surface area contributed by atoms with E-state index in [0.717, 1.165) is 49.6 Å². The van der Waals surface area contributed by atoms with Crippen molar-refractivity contribution in [2.75, 3.05) is 25.0 Å². The quantitative estimate of drug-likeness (QED) is 0.655. The van der Waals surface area contributed by atoms with E-state index in [0.29, 0.717) is 17.1 Å². The number of aromatic nitrogens is 2. The minimum atomic E-state index is -0.102. The Labute approximate surface area is 193 Å². The fourth-order valence-corrected chi connectivity index (χ4v) is 6.08. The van der Waals surface area contributed by atoms with Gasteiger partial charge in [0.1, 0.15) is 0 Å². The third-order valence-electron chi connectivity index (χ3n) is 7.24. The molecule has 0 spiro atoms. The molecule has 3 aliphatic heterocycles. The third-order valence-corrected chi connectivity index (χ3v) is 8.22. The van der Waals surface area contributed by atoms with Crippen molar-refractivity contribution in [1.29, 1.82) is 0 Å². The van der Waals surface area contributed by atoms with Crippen LogP contribution in [0.1, 0.15) is 66.7 Å². The van der Waals surface area contributed by atoms with Gasteiger partial charge in [0.05, 0.1) is 5.69 Å². The molecular weight excluding hydrogens is 420 g/mol. The molecule has 1 N–H and O–H groups in total. The minimum absolute atomic E-state index is 0.0943. The smallest absolute Gasteiger partial charge is 0.282 e. The lowest BCUT2D eigenvalue weighted by atomic mass is 9.92. The van der Waals surface area contributed by atoms with E-state index < -0.39 is 0 Å². The second-order valence-corrected chi connectivity index (χ2v) is 10.3. The Morgan fingerprint density at radius 1 is 1.22 bits per heavy atom. The lowest BCUT2D eigenvalue weighted by Gasteiger charge is -2.38. The molecule has 2 fully saturated rings. The van der Waals surface area contributed by atoms with E-state index in [4.69, 9.17) is 0 Å². The molecule has 2 aromatic rings. The number of hydrogen-bond acceptors (Lipinski definition) is 7. The van der Waals surface area contributed by atoms with Crippen LogP contribution in [0.5, 0.6) is 0 Å². The Bertz CT molecular complexity index is 976. The number of fused-ring (bicyclic) bond motifs is 3. The van der Waals surface area contributed by atoms with Gasteiger partial charge in [-0.15, -0.1) is 10.2 Å². The van der Waals surface area contributed by atoms with E-state index in [2.05, 4.69) is 62.5 Å². The van der Waals surface area contributed by atoms with E-state index in [9.17, 15) is 4.79 Å². The van der Waals surface area contributed by atoms with E-state index >= 15 is 0 Å². The highest BCUT2D eigenvalue weighted by molar-refractivity contribution is 7.17. The Kier molecular flexibility index (Phi) is 6.24. The summed E-state index contributed by atoms with van der Waals surface area (Å²) in [4.78, 5) is 22.4. The van der Waals surface area contributed by atoms with Gasteiger partial charge in [-0.3, -0.25) is 14.7 Å². The first-order valence-electron chi connectivity index (χ1n) is 11.9. The van der Waals surface area contributed by atoms with Crippen molar-refractivity contribution in [3.05, 3.63) is 34.8 Å². The van der Waals surface area contributed by atoms with Crippen molar-refractivity contribution in [3.63, 3.8) is 0 Å². The standard InChI is InChI=1S/C24H32N6OS/c1-3-4-7-17(12-16-13-25-21-9-6-5-8-20(16)21)26-22(31)23-27-28-24(32-23)30-14-18-10-11-19(15-30)29(18)2/h5-6,8-9,13,16-19H,3-4,7,10-12,14-15H2,1-2H3,(H,26,31). The molecule has 7 nitrogen and oxygen atoms in total. The van der Waals surface area contributed by atoms with Gasteiger partial charge in [0.25, 0.3) is 5.91 Å². The number of hydrogen-bond donors (Lipinski definition) is 1. The number of unbranched alkanes of at least 4 members (excludes halogenated alkanes) is 1. The maximum atomic E-state index is 13.1. The van der Waals surface area contributed by atoms with Gasteiger partial charge < -0.3 is 10.2 Å². The highest BCUT2D eigenvalue weighted by Crippen LogP contribution is 2.35. The average molecular weight is 453 g/mol. The summed E-state index contributed by atoms with van der Waals surface area (Å²) in [5, 5.41) is 13.2. The fourth-order valence-electron chi connectivity index (χ4n) is 5.32. The minimum Gasteiger partial charge on any atom is -0.347 e. The zero-order valence-corrected chi connectivity index (χ0v) is 19.7. The van der Waals surface area contributed by atoms with Crippen LogP contribution in [-0.4, -0.2) is 65.5 Å². The van der Waals surface area contributed by atoms with Crippen molar-refractivity contribution in [3.8, 4) is 0 Å². The summed E-state index contributed by atoms with van der Waals surface area (Å²) in [7, 11) is 2.22. The van der Waals surface area contributed by atoms with Crippen LogP contribution < -0.4 is 10.2 Å². The number of carbonyl (C=O) groups excluding carboxylic acids is 1. The van der Waals surface area contributed by atoms with Crippen LogP contribution in [0, 0.1) is 0 Å². The van der Waals surface area contributed by atoms with E-state index in [-0.39, 0.29) is 17.9 Å². The van der Waals surface area contributed by atoms with Crippen LogP contribution in [-0.2, 0) is 0 Å². The van der Waals surface area contributed by atoms with E-state index in [1.807, 2.05) is 12.3 Å². The Morgan fingerprint density at radius 2 is 2.00 bits per heavy atom. The van der Waals surface area contributed by atoms with E-state index in [1.54, 1.807) is 0 Å². The Balaban J connectivity index is 1.24. The molecule has 1 amide bonds. The van der Waals surface area contributed by atoms with Gasteiger partial charge >= 0.3 is 0 Å². The number of likely N-dealkylation sites (N-methyl/N-ethyl adjacent to an activating group) is 1. The zero-order valence-electron chi connectivity index (χ0n) is 18.9. The number of nitrogens with one attached hydrogen (secondary N) is 1. The highest BCUT2D eigenvalue weighted by Gasteiger charge is 2.38. The van der Waals surface area contributed by atoms with Crippen molar-refractivity contribution in [2.24, 2.45) is 4.99 Å². The average Bonchev–Trinajstić information content (AvgIpc) is 3.49. The van der Waals surface area contributed by atoms with Gasteiger partial charge in [0, 0.05) is 43.3 Å². The van der Waals surface area contributed by atoms with Crippen LogP contribution >= 0.6 is 11.3 Å². The topological polar surface area (TPSA) is 73.7 Å². The molecule has 2 saturated heterocycles. The Hall–Kier alpha value is -2.32. The maximum absolute atomic E-state index is 13.1. The molecule has 1 aromatic heterocycles. The summed E-state index contributed by atoms with van der Waals surface area (Å²) in [5.41, 5.74) is 2.30. The van der Waals surface area contributed by atoms with Crippen molar-refractivity contribution < 1.29 is 4.79 Å². The first-order chi connectivity index (χ1) is 15.6. The monoisotopic (exact) mass is 452 g/mol. The fraction of sp³-hybridized carbons (Fsp3) is 0.583. The van der Waals surface area contributed by atoms with Crippen LogP contribution in [0.3, 0.4) is 0 Å². The summed E-state index contributed by atoms with van der Waals surface area (Å²) in [5.74, 6) is 0.148. The van der Waals surface area contributed by atoms with Gasteiger partial charge in [0.15, 0.2) is 0 Å². The molecule has 8 heteroatoms. The summed E-state index contributed by atoms with van der Waals surface area (Å²) in [6, 6.07) is 9.55. The molecule has 0 radical (unpaired) electrons. The molecule has 32 heavy (non-hydrogen) atoms. The molecule has 4 heterocycles. The number of carbonyl (C=O) groups is 1. The number of amides is 1. The second-order valence-electron chi connectivity index (χ2n) is 9.34. The highest BCUT2D eigenvalue weighted by atomic mass is 32.1. The molecule has 170 valence electrons. The van der Waals surface area contributed by atoms with Gasteiger partial charge in [0.2, 0.25) is 10.1 Å². The second kappa shape index (κ2) is 9.27. The number of benzene rings is 1. The summed E-state index contributed by atoms with van der Waals surface area (Å²) in [6.45, 7) is 4.14. The number of rotatable bonds is 8. The summed E-state index contributed by atoms with van der Waals surface area (Å²) < 4.78 is 0. The van der Waals surface area contributed by atoms with Crippen LogP contribution in [0.25, 0.3) is 0 Å². The summed E-state index contributed by atoms with van der Waals surface area (Å²) >= 11 is 1.42. The normalized spacial score (nSPS) is 25.2. The van der Waals surface area contributed by atoms with Crippen LogP contribution in [0.4, 0.5) is 10.8 Å². The predicted molar refractivity (Wildman–Crippen MR) is 129 cm³/mol. The number of para-hydroxylation sites is 1.